The second-order valence-electron chi connectivity index (χ2n) is 5.64. The molecule has 1 aliphatic heterocycles. The second kappa shape index (κ2) is 6.31. The largest absolute Gasteiger partial charge is 0.369 e. The minimum absolute atomic E-state index is 0.0485. The summed E-state index contributed by atoms with van der Waals surface area (Å²) >= 11 is 0. The van der Waals surface area contributed by atoms with Gasteiger partial charge in [-0.1, -0.05) is 0 Å². The van der Waals surface area contributed by atoms with E-state index in [0.717, 1.165) is 24.2 Å². The normalized spacial score (nSPS) is 20.6. The van der Waals surface area contributed by atoms with E-state index in [9.17, 15) is 4.79 Å². The highest BCUT2D eigenvalue weighted by Gasteiger charge is 2.29. The molecule has 3 rings (SSSR count). The van der Waals surface area contributed by atoms with Crippen molar-refractivity contribution >= 4 is 5.91 Å². The Hall–Kier alpha value is -2.15. The number of hydrogen-bond acceptors (Lipinski definition) is 4. The van der Waals surface area contributed by atoms with Gasteiger partial charge in [-0.25, -0.2) is 0 Å². The first-order chi connectivity index (χ1) is 10.6. The maximum atomic E-state index is 12.3. The van der Waals surface area contributed by atoms with Crippen molar-refractivity contribution in [2.45, 2.75) is 45.4 Å². The maximum absolute atomic E-state index is 12.3. The number of aromatic amines is 1. The molecule has 0 saturated heterocycles. The van der Waals surface area contributed by atoms with Gasteiger partial charge in [0.25, 0.3) is 5.91 Å². The number of ether oxygens (including phenoxy) is 1. The summed E-state index contributed by atoms with van der Waals surface area (Å²) in [5.41, 5.74) is 2.40. The van der Waals surface area contributed by atoms with E-state index in [-0.39, 0.29) is 18.1 Å². The molecule has 0 spiro atoms. The van der Waals surface area contributed by atoms with Crippen molar-refractivity contribution in [3.05, 3.63) is 35.4 Å². The zero-order valence-electron chi connectivity index (χ0n) is 12.9. The van der Waals surface area contributed by atoms with Crippen LogP contribution in [0.3, 0.4) is 0 Å². The van der Waals surface area contributed by atoms with Crippen LogP contribution in [0.1, 0.15) is 48.1 Å². The number of amides is 1. The number of carbonyl (C=O) groups is 1. The van der Waals surface area contributed by atoms with Crippen LogP contribution in [0.15, 0.2) is 18.5 Å². The monoisotopic (exact) mass is 303 g/mol. The average Bonchev–Trinajstić information content (AvgIpc) is 3.12. The summed E-state index contributed by atoms with van der Waals surface area (Å²) < 4.78 is 7.58. The van der Waals surface area contributed by atoms with Gasteiger partial charge in [-0.05, 0) is 26.3 Å². The average molecular weight is 303 g/mol. The molecule has 0 saturated carbocycles. The van der Waals surface area contributed by atoms with Crippen molar-refractivity contribution in [3.8, 4) is 0 Å². The Labute approximate surface area is 129 Å². The van der Waals surface area contributed by atoms with Crippen LogP contribution in [-0.4, -0.2) is 38.5 Å². The molecule has 7 nitrogen and oxygen atoms in total. The Bertz CT molecular complexity index is 634. The molecule has 118 valence electrons. The minimum Gasteiger partial charge on any atom is -0.369 e. The molecule has 0 aromatic carbocycles. The number of H-pyrrole nitrogens is 1. The molecule has 0 radical (unpaired) electrons. The van der Waals surface area contributed by atoms with Crippen LogP contribution in [-0.2, 0) is 17.7 Å². The van der Waals surface area contributed by atoms with Crippen molar-refractivity contribution in [1.82, 2.24) is 25.3 Å². The van der Waals surface area contributed by atoms with Gasteiger partial charge >= 0.3 is 0 Å². The molecule has 2 N–H and O–H groups in total. The minimum atomic E-state index is -0.126. The molecule has 0 aliphatic carbocycles. The molecule has 1 aliphatic rings. The number of aryl methyl sites for hydroxylation is 1. The molecule has 22 heavy (non-hydrogen) atoms. The molecular formula is C15H21N5O2. The van der Waals surface area contributed by atoms with Crippen molar-refractivity contribution in [3.63, 3.8) is 0 Å². The van der Waals surface area contributed by atoms with Gasteiger partial charge in [0.05, 0.1) is 17.9 Å². The van der Waals surface area contributed by atoms with Crippen LogP contribution in [0, 0.1) is 0 Å². The molecule has 2 aromatic heterocycles. The van der Waals surface area contributed by atoms with E-state index < -0.39 is 0 Å². The number of carbonyl (C=O) groups excluding carboxylic acids is 1. The topological polar surface area (TPSA) is 84.8 Å². The highest BCUT2D eigenvalue weighted by atomic mass is 16.5. The summed E-state index contributed by atoms with van der Waals surface area (Å²) in [6, 6.07) is 1.89. The Kier molecular flexibility index (Phi) is 4.24. The van der Waals surface area contributed by atoms with Gasteiger partial charge in [0.1, 0.15) is 0 Å². The van der Waals surface area contributed by atoms with E-state index >= 15 is 0 Å². The third-order valence-electron chi connectivity index (χ3n) is 3.86. The lowest BCUT2D eigenvalue weighted by atomic mass is 9.99. The van der Waals surface area contributed by atoms with Crippen LogP contribution >= 0.6 is 0 Å². The summed E-state index contributed by atoms with van der Waals surface area (Å²) in [5.74, 6) is -0.126. The number of nitrogens with one attached hydrogen (secondary N) is 2. The van der Waals surface area contributed by atoms with Gasteiger partial charge in [-0.2, -0.15) is 10.2 Å². The lowest BCUT2D eigenvalue weighted by Gasteiger charge is -2.25. The zero-order valence-corrected chi connectivity index (χ0v) is 12.9. The van der Waals surface area contributed by atoms with Crippen molar-refractivity contribution in [2.75, 3.05) is 6.54 Å². The SMILES string of the molecule is C[C@@H]1Cc2c(C(=O)NCCCn3cccn3)n[nH]c2[C@H](C)O1. The molecule has 0 bridgehead atoms. The quantitative estimate of drug-likeness (QED) is 0.819. The fourth-order valence-corrected chi connectivity index (χ4v) is 2.82. The van der Waals surface area contributed by atoms with E-state index in [0.29, 0.717) is 18.7 Å². The fourth-order valence-electron chi connectivity index (χ4n) is 2.82. The van der Waals surface area contributed by atoms with Crippen molar-refractivity contribution in [1.29, 1.82) is 0 Å². The summed E-state index contributed by atoms with van der Waals surface area (Å²) in [5, 5.41) is 14.2. The van der Waals surface area contributed by atoms with Crippen LogP contribution < -0.4 is 5.32 Å². The Balaban J connectivity index is 1.56. The third-order valence-corrected chi connectivity index (χ3v) is 3.86. The Morgan fingerprint density at radius 3 is 3.18 bits per heavy atom. The number of fused-ring (bicyclic) bond motifs is 1. The van der Waals surface area contributed by atoms with Crippen LogP contribution in [0.4, 0.5) is 0 Å². The number of rotatable bonds is 5. The summed E-state index contributed by atoms with van der Waals surface area (Å²) in [7, 11) is 0. The first kappa shape index (κ1) is 14.8. The molecule has 3 heterocycles. The standard InChI is InChI=1S/C15H21N5O2/c1-10-9-12-13(11(2)22-10)18-19-14(12)15(21)16-5-3-7-20-8-4-6-17-20/h4,6,8,10-11H,3,5,7,9H2,1-2H3,(H,16,21)(H,18,19)/t10-,11+/m1/s1. The fraction of sp³-hybridized carbons (Fsp3) is 0.533. The van der Waals surface area contributed by atoms with Gasteiger partial charge in [-0.15, -0.1) is 0 Å². The molecule has 7 heteroatoms. The number of hydrogen-bond donors (Lipinski definition) is 2. The number of aromatic nitrogens is 4. The second-order valence-corrected chi connectivity index (χ2v) is 5.64. The molecule has 1 amide bonds. The van der Waals surface area contributed by atoms with Crippen LogP contribution in [0.25, 0.3) is 0 Å². The predicted octanol–water partition coefficient (Wildman–Crippen LogP) is 1.45. The lowest BCUT2D eigenvalue weighted by Crippen LogP contribution is -2.28. The van der Waals surface area contributed by atoms with Crippen molar-refractivity contribution < 1.29 is 9.53 Å². The van der Waals surface area contributed by atoms with Gasteiger partial charge in [0.2, 0.25) is 0 Å². The van der Waals surface area contributed by atoms with Gasteiger partial charge in [0, 0.05) is 37.5 Å². The van der Waals surface area contributed by atoms with Crippen molar-refractivity contribution in [2.24, 2.45) is 0 Å². The predicted molar refractivity (Wildman–Crippen MR) is 80.4 cm³/mol. The Morgan fingerprint density at radius 2 is 2.41 bits per heavy atom. The molecular weight excluding hydrogens is 282 g/mol. The maximum Gasteiger partial charge on any atom is 0.272 e. The van der Waals surface area contributed by atoms with E-state index in [1.54, 1.807) is 6.20 Å². The van der Waals surface area contributed by atoms with Gasteiger partial charge in [0.15, 0.2) is 5.69 Å². The first-order valence-electron chi connectivity index (χ1n) is 7.63. The highest BCUT2D eigenvalue weighted by Crippen LogP contribution is 2.29. The van der Waals surface area contributed by atoms with Crippen LogP contribution in [0.2, 0.25) is 0 Å². The summed E-state index contributed by atoms with van der Waals surface area (Å²) in [6.45, 7) is 5.37. The first-order valence-corrected chi connectivity index (χ1v) is 7.63. The summed E-state index contributed by atoms with van der Waals surface area (Å²) in [6.07, 6.45) is 5.26. The number of nitrogens with zero attached hydrogens (tertiary/aromatic N) is 3. The van der Waals surface area contributed by atoms with Gasteiger partial charge in [-0.3, -0.25) is 14.6 Å². The van der Waals surface area contributed by atoms with Gasteiger partial charge < -0.3 is 10.1 Å². The smallest absolute Gasteiger partial charge is 0.272 e. The third kappa shape index (κ3) is 3.04. The molecule has 0 fully saturated rings. The lowest BCUT2D eigenvalue weighted by molar-refractivity contribution is -0.00697. The highest BCUT2D eigenvalue weighted by molar-refractivity contribution is 5.94. The van der Waals surface area contributed by atoms with E-state index in [1.807, 2.05) is 30.8 Å². The van der Waals surface area contributed by atoms with E-state index in [4.69, 9.17) is 4.74 Å². The summed E-state index contributed by atoms with van der Waals surface area (Å²) in [4.78, 5) is 12.3. The zero-order chi connectivity index (χ0) is 15.5. The molecule has 2 atom stereocenters. The molecule has 0 unspecified atom stereocenters. The van der Waals surface area contributed by atoms with E-state index in [2.05, 4.69) is 20.6 Å². The Morgan fingerprint density at radius 1 is 1.55 bits per heavy atom. The van der Waals surface area contributed by atoms with Crippen LogP contribution in [0.5, 0.6) is 0 Å². The molecule has 2 aromatic rings. The van der Waals surface area contributed by atoms with E-state index in [1.165, 1.54) is 0 Å².